The van der Waals surface area contributed by atoms with Crippen molar-refractivity contribution in [1.29, 1.82) is 0 Å². The van der Waals surface area contributed by atoms with Gasteiger partial charge in [0.1, 0.15) is 5.75 Å². The number of rotatable bonds is 8. The summed E-state index contributed by atoms with van der Waals surface area (Å²) >= 11 is 5.83. The van der Waals surface area contributed by atoms with Crippen molar-refractivity contribution in [1.82, 2.24) is 0 Å². The average molecular weight is 317 g/mol. The number of unbranched alkanes of at least 4 members (excludes halogenated alkanes) is 3. The molecular weight excluding hydrogens is 296 g/mol. The van der Waals surface area contributed by atoms with Crippen LogP contribution in [0.5, 0.6) is 5.75 Å². The SMILES string of the molecule is CCCCCCOc1ccc(N=Nc2ccc(Cl)cc2)cc1. The van der Waals surface area contributed by atoms with Gasteiger partial charge in [0, 0.05) is 5.02 Å². The van der Waals surface area contributed by atoms with Gasteiger partial charge in [-0.1, -0.05) is 37.8 Å². The molecule has 22 heavy (non-hydrogen) atoms. The molecule has 116 valence electrons. The Morgan fingerprint density at radius 3 is 2.00 bits per heavy atom. The Morgan fingerprint density at radius 2 is 1.41 bits per heavy atom. The Balaban J connectivity index is 1.82. The highest BCUT2D eigenvalue weighted by molar-refractivity contribution is 6.30. The average Bonchev–Trinajstić information content (AvgIpc) is 2.55. The van der Waals surface area contributed by atoms with E-state index in [1.807, 2.05) is 36.4 Å². The molecule has 4 heteroatoms. The summed E-state index contributed by atoms with van der Waals surface area (Å²) in [5.41, 5.74) is 1.58. The zero-order valence-electron chi connectivity index (χ0n) is 12.8. The molecule has 0 unspecified atom stereocenters. The van der Waals surface area contributed by atoms with E-state index in [0.717, 1.165) is 30.2 Å². The van der Waals surface area contributed by atoms with Gasteiger partial charge in [0.15, 0.2) is 0 Å². The second-order valence-corrected chi connectivity index (χ2v) is 5.52. The third-order valence-corrected chi connectivity index (χ3v) is 3.46. The quantitative estimate of drug-likeness (QED) is 0.393. The molecule has 0 atom stereocenters. The fraction of sp³-hybridized carbons (Fsp3) is 0.333. The van der Waals surface area contributed by atoms with E-state index >= 15 is 0 Å². The molecule has 0 spiro atoms. The highest BCUT2D eigenvalue weighted by Gasteiger charge is 1.96. The summed E-state index contributed by atoms with van der Waals surface area (Å²) < 4.78 is 5.70. The van der Waals surface area contributed by atoms with Crippen LogP contribution in [0.3, 0.4) is 0 Å². The molecule has 0 saturated carbocycles. The second-order valence-electron chi connectivity index (χ2n) is 5.08. The lowest BCUT2D eigenvalue weighted by Crippen LogP contribution is -1.96. The van der Waals surface area contributed by atoms with Gasteiger partial charge < -0.3 is 4.74 Å². The zero-order chi connectivity index (χ0) is 15.6. The standard InChI is InChI=1S/C18H21ClN2O/c1-2-3-4-5-14-22-18-12-10-17(11-13-18)21-20-16-8-6-15(19)7-9-16/h6-13H,2-5,14H2,1H3. The molecule has 0 radical (unpaired) electrons. The fourth-order valence-electron chi connectivity index (χ4n) is 1.95. The van der Waals surface area contributed by atoms with Crippen LogP contribution in [0.15, 0.2) is 58.8 Å². The highest BCUT2D eigenvalue weighted by atomic mass is 35.5. The monoisotopic (exact) mass is 316 g/mol. The molecule has 0 aliphatic heterocycles. The summed E-state index contributed by atoms with van der Waals surface area (Å²) in [6, 6.07) is 14.9. The number of nitrogens with zero attached hydrogens (tertiary/aromatic N) is 2. The molecule has 0 saturated heterocycles. The smallest absolute Gasteiger partial charge is 0.119 e. The lowest BCUT2D eigenvalue weighted by molar-refractivity contribution is 0.305. The maximum atomic E-state index is 5.83. The maximum absolute atomic E-state index is 5.83. The normalized spacial score (nSPS) is 11.0. The van der Waals surface area contributed by atoms with Crippen molar-refractivity contribution in [3.8, 4) is 5.75 Å². The van der Waals surface area contributed by atoms with Crippen LogP contribution in [0.2, 0.25) is 5.02 Å². The third-order valence-electron chi connectivity index (χ3n) is 3.21. The van der Waals surface area contributed by atoms with Crippen molar-refractivity contribution < 1.29 is 4.74 Å². The van der Waals surface area contributed by atoms with Crippen molar-refractivity contribution >= 4 is 23.0 Å². The van der Waals surface area contributed by atoms with E-state index in [9.17, 15) is 0 Å². The molecular formula is C18H21ClN2O. The van der Waals surface area contributed by atoms with Crippen LogP contribution >= 0.6 is 11.6 Å². The molecule has 0 heterocycles. The van der Waals surface area contributed by atoms with E-state index in [1.54, 1.807) is 12.1 Å². The van der Waals surface area contributed by atoms with Gasteiger partial charge in [-0.05, 0) is 55.0 Å². The highest BCUT2D eigenvalue weighted by Crippen LogP contribution is 2.22. The van der Waals surface area contributed by atoms with Gasteiger partial charge in [0.05, 0.1) is 18.0 Å². The van der Waals surface area contributed by atoms with E-state index < -0.39 is 0 Å². The summed E-state index contributed by atoms with van der Waals surface area (Å²) in [6.07, 6.45) is 4.84. The van der Waals surface area contributed by atoms with Crippen LogP contribution < -0.4 is 4.74 Å². The summed E-state index contributed by atoms with van der Waals surface area (Å²) in [6.45, 7) is 2.98. The molecule has 0 N–H and O–H groups in total. The maximum Gasteiger partial charge on any atom is 0.119 e. The van der Waals surface area contributed by atoms with Gasteiger partial charge in [-0.25, -0.2) is 0 Å². The van der Waals surface area contributed by atoms with Crippen LogP contribution in [0.4, 0.5) is 11.4 Å². The molecule has 0 aromatic heterocycles. The lowest BCUT2D eigenvalue weighted by atomic mass is 10.2. The van der Waals surface area contributed by atoms with Crippen molar-refractivity contribution in [2.24, 2.45) is 10.2 Å². The Morgan fingerprint density at radius 1 is 0.818 bits per heavy atom. The third kappa shape index (κ3) is 5.86. The second kappa shape index (κ2) is 9.21. The minimum atomic E-state index is 0.694. The zero-order valence-corrected chi connectivity index (χ0v) is 13.6. The Labute approximate surface area is 137 Å². The number of benzene rings is 2. The molecule has 2 rings (SSSR count). The molecule has 0 bridgehead atoms. The van der Waals surface area contributed by atoms with E-state index in [2.05, 4.69) is 17.2 Å². The molecule has 3 nitrogen and oxygen atoms in total. The summed E-state index contributed by atoms with van der Waals surface area (Å²) in [5, 5.41) is 9.06. The molecule has 0 fully saturated rings. The van der Waals surface area contributed by atoms with Crippen molar-refractivity contribution in [3.63, 3.8) is 0 Å². The van der Waals surface area contributed by atoms with Crippen molar-refractivity contribution in [3.05, 3.63) is 53.6 Å². The van der Waals surface area contributed by atoms with Gasteiger partial charge >= 0.3 is 0 Å². The number of ether oxygens (including phenoxy) is 1. The number of halogens is 1. The van der Waals surface area contributed by atoms with Crippen LogP contribution in [-0.4, -0.2) is 6.61 Å². The Kier molecular flexibility index (Phi) is 6.91. The van der Waals surface area contributed by atoms with E-state index in [4.69, 9.17) is 16.3 Å². The largest absolute Gasteiger partial charge is 0.494 e. The molecule has 0 amide bonds. The number of azo groups is 1. The lowest BCUT2D eigenvalue weighted by Gasteiger charge is -2.05. The topological polar surface area (TPSA) is 34.0 Å². The van der Waals surface area contributed by atoms with Crippen LogP contribution in [0.25, 0.3) is 0 Å². The molecule has 0 aliphatic rings. The minimum Gasteiger partial charge on any atom is -0.494 e. The predicted molar refractivity (Wildman–Crippen MR) is 91.7 cm³/mol. The Bertz CT molecular complexity index is 579. The van der Waals surface area contributed by atoms with Gasteiger partial charge in [-0.2, -0.15) is 10.2 Å². The first-order valence-electron chi connectivity index (χ1n) is 7.68. The number of hydrogen-bond acceptors (Lipinski definition) is 3. The van der Waals surface area contributed by atoms with Gasteiger partial charge in [0.25, 0.3) is 0 Å². The first kappa shape index (κ1) is 16.5. The molecule has 2 aromatic rings. The fourth-order valence-corrected chi connectivity index (χ4v) is 2.08. The van der Waals surface area contributed by atoms with Gasteiger partial charge in [0.2, 0.25) is 0 Å². The van der Waals surface area contributed by atoms with Crippen LogP contribution in [0.1, 0.15) is 32.6 Å². The van der Waals surface area contributed by atoms with E-state index in [1.165, 1.54) is 19.3 Å². The van der Waals surface area contributed by atoms with E-state index in [-0.39, 0.29) is 0 Å². The predicted octanol–water partition coefficient (Wildman–Crippen LogP) is 6.71. The minimum absolute atomic E-state index is 0.694. The van der Waals surface area contributed by atoms with Gasteiger partial charge in [-0.15, -0.1) is 0 Å². The van der Waals surface area contributed by atoms with E-state index in [0.29, 0.717) is 5.02 Å². The molecule has 2 aromatic carbocycles. The van der Waals surface area contributed by atoms with Crippen molar-refractivity contribution in [2.45, 2.75) is 32.6 Å². The molecule has 0 aliphatic carbocycles. The summed E-state index contributed by atoms with van der Waals surface area (Å²) in [7, 11) is 0. The van der Waals surface area contributed by atoms with Crippen LogP contribution in [-0.2, 0) is 0 Å². The first-order valence-corrected chi connectivity index (χ1v) is 8.06. The Hall–Kier alpha value is -1.87. The number of hydrogen-bond donors (Lipinski definition) is 0. The summed E-state index contributed by atoms with van der Waals surface area (Å²) in [5.74, 6) is 0.877. The summed E-state index contributed by atoms with van der Waals surface area (Å²) in [4.78, 5) is 0. The first-order chi connectivity index (χ1) is 10.8. The van der Waals surface area contributed by atoms with Crippen LogP contribution in [0, 0.1) is 0 Å². The van der Waals surface area contributed by atoms with Gasteiger partial charge in [-0.3, -0.25) is 0 Å². The van der Waals surface area contributed by atoms with Crippen molar-refractivity contribution in [2.75, 3.05) is 6.61 Å².